The number of piperidine rings is 2. The summed E-state index contributed by atoms with van der Waals surface area (Å²) >= 11 is 0. The topological polar surface area (TPSA) is 91.5 Å². The van der Waals surface area contributed by atoms with E-state index in [9.17, 15) is 40.7 Å². The van der Waals surface area contributed by atoms with Crippen molar-refractivity contribution in [3.8, 4) is 0 Å². The van der Waals surface area contributed by atoms with Crippen molar-refractivity contribution in [1.82, 2.24) is 35.6 Å². The minimum atomic E-state index is -4.97. The van der Waals surface area contributed by atoms with Crippen molar-refractivity contribution in [1.29, 1.82) is 0 Å². The lowest BCUT2D eigenvalue weighted by molar-refractivity contribution is -0.213. The van der Waals surface area contributed by atoms with Gasteiger partial charge in [-0.2, -0.15) is 31.5 Å². The Morgan fingerprint density at radius 2 is 1.05 bits per heavy atom. The maximum absolute atomic E-state index is 14.9. The Kier molecular flexibility index (Phi) is 13.7. The number of benzene rings is 4. The Hall–Kier alpha value is -5.29. The van der Waals surface area contributed by atoms with Crippen molar-refractivity contribution in [2.24, 2.45) is 0 Å². The van der Waals surface area contributed by atoms with Crippen molar-refractivity contribution in [3.63, 3.8) is 0 Å². The van der Waals surface area contributed by atoms with Crippen LogP contribution in [0.3, 0.4) is 0 Å². The summed E-state index contributed by atoms with van der Waals surface area (Å²) in [5, 5.41) is 12.8. The van der Waals surface area contributed by atoms with Crippen LogP contribution in [-0.2, 0) is 44.4 Å². The molecule has 10 nitrogen and oxygen atoms in total. The second-order valence-electron chi connectivity index (χ2n) is 16.9. The van der Waals surface area contributed by atoms with Gasteiger partial charge in [-0.25, -0.2) is 10.0 Å². The van der Waals surface area contributed by atoms with Gasteiger partial charge in [-0.15, -0.1) is 0 Å². The van der Waals surface area contributed by atoms with Gasteiger partial charge in [0.25, 0.3) is 0 Å². The van der Waals surface area contributed by atoms with E-state index in [2.05, 4.69) is 20.7 Å². The smallest absolute Gasteiger partial charge is 0.347 e. The lowest BCUT2D eigenvalue weighted by atomic mass is 9.81. The summed E-state index contributed by atoms with van der Waals surface area (Å²) in [6.07, 6.45) is -7.69. The number of nitrogens with one attached hydrogen (secondary N) is 2. The van der Waals surface area contributed by atoms with Gasteiger partial charge in [0.05, 0.1) is 28.2 Å². The number of alkyl halides is 6. The van der Waals surface area contributed by atoms with E-state index in [0.717, 1.165) is 28.8 Å². The normalized spacial score (nSPS) is 20.0. The molecule has 0 spiro atoms. The Morgan fingerprint density at radius 1 is 0.619 bits per heavy atom. The van der Waals surface area contributed by atoms with Crippen molar-refractivity contribution in [3.05, 3.63) is 143 Å². The average Bonchev–Trinajstić information content (AvgIpc) is 3.26. The van der Waals surface area contributed by atoms with Gasteiger partial charge in [-0.1, -0.05) is 91.0 Å². The molecule has 1 atom stereocenters. The zero-order valence-corrected chi connectivity index (χ0v) is 35.4. The van der Waals surface area contributed by atoms with Crippen molar-refractivity contribution < 1.29 is 40.7 Å². The van der Waals surface area contributed by atoms with Crippen LogP contribution in [0, 0.1) is 0 Å². The van der Waals surface area contributed by atoms with Crippen LogP contribution in [-0.4, -0.2) is 95.0 Å². The minimum Gasteiger partial charge on any atom is -0.347 e. The molecule has 0 bridgehead atoms. The monoisotopic (exact) mass is 877 g/mol. The molecule has 3 saturated heterocycles. The predicted molar refractivity (Wildman–Crippen MR) is 225 cm³/mol. The lowest BCUT2D eigenvalue weighted by Gasteiger charge is -2.52. The third-order valence-corrected chi connectivity index (χ3v) is 12.6. The molecule has 3 amide bonds. The highest BCUT2D eigenvalue weighted by Crippen LogP contribution is 2.39. The lowest BCUT2D eigenvalue weighted by Crippen LogP contribution is -2.65. The van der Waals surface area contributed by atoms with Gasteiger partial charge in [-0.3, -0.25) is 19.3 Å². The maximum atomic E-state index is 14.9. The fraction of sp³-hybridized carbons (Fsp3) is 0.426. The molecule has 0 aromatic heterocycles. The summed E-state index contributed by atoms with van der Waals surface area (Å²) in [7, 11) is 0. The molecule has 16 heteroatoms. The molecule has 0 aliphatic carbocycles. The van der Waals surface area contributed by atoms with Gasteiger partial charge in [0, 0.05) is 66.2 Å². The maximum Gasteiger partial charge on any atom is 0.416 e. The molecule has 3 heterocycles. The van der Waals surface area contributed by atoms with Crippen molar-refractivity contribution >= 4 is 17.7 Å². The SMILES string of the molecule is CC(=O)NC1(c2ccccc2)CCN(N(CC(=O)N2CCN(Cc3cc(C(F)(F)F)cc(C(F)(F)F)c3)CC2c2ccccc2)N2CCC(NC(C)=O)(c3ccccc3)CC2)CC1. The van der Waals surface area contributed by atoms with Crippen LogP contribution in [0.2, 0.25) is 0 Å². The largest absolute Gasteiger partial charge is 0.416 e. The molecular weight excluding hydrogens is 825 g/mol. The highest BCUT2D eigenvalue weighted by Gasteiger charge is 2.44. The zero-order valence-electron chi connectivity index (χ0n) is 35.4. The standard InChI is InChI=1S/C47H53F6N7O3/c1-34(61)54-44(38-14-8-4-9-15-38)18-22-57(23-19-44)60(58-24-20-45(21-25-58,55-35(2)62)39-16-10-5-11-17-39)33-43(63)59-27-26-56(32-42(59)37-12-6-3-7-13-37)31-36-28-40(46(48,49)50)30-41(29-36)47(51,52)53/h3-17,28-30,42H,18-27,31-33H2,1-2H3,(H,54,61)(H,55,62). The third kappa shape index (κ3) is 10.7. The fourth-order valence-electron chi connectivity index (χ4n) is 9.58. The molecular formula is C47H53F6N7O3. The molecule has 0 saturated carbocycles. The van der Waals surface area contributed by atoms with E-state index < -0.39 is 40.6 Å². The molecule has 3 aliphatic rings. The average molecular weight is 878 g/mol. The van der Waals surface area contributed by atoms with Gasteiger partial charge in [-0.05, 0) is 66.1 Å². The molecule has 3 aliphatic heterocycles. The number of piperazine rings is 1. The number of hydrazine groups is 2. The van der Waals surface area contributed by atoms with Crippen LogP contribution >= 0.6 is 0 Å². The van der Waals surface area contributed by atoms with Crippen LogP contribution in [0.15, 0.2) is 109 Å². The number of carbonyl (C=O) groups is 3. The first-order valence-electron chi connectivity index (χ1n) is 21.3. The molecule has 336 valence electrons. The number of amides is 3. The summed E-state index contributed by atoms with van der Waals surface area (Å²) in [5.74, 6) is -0.499. The third-order valence-electron chi connectivity index (χ3n) is 12.6. The minimum absolute atomic E-state index is 0.0527. The molecule has 4 aromatic rings. The first-order chi connectivity index (χ1) is 29.9. The van der Waals surface area contributed by atoms with Crippen LogP contribution in [0.25, 0.3) is 0 Å². The van der Waals surface area contributed by atoms with E-state index in [1.807, 2.05) is 96.1 Å². The van der Waals surface area contributed by atoms with Gasteiger partial charge >= 0.3 is 12.4 Å². The highest BCUT2D eigenvalue weighted by atomic mass is 19.4. The van der Waals surface area contributed by atoms with Gasteiger partial charge in [0.1, 0.15) is 6.54 Å². The van der Waals surface area contributed by atoms with Crippen LogP contribution in [0.5, 0.6) is 0 Å². The van der Waals surface area contributed by atoms with E-state index >= 15 is 0 Å². The van der Waals surface area contributed by atoms with Crippen LogP contribution in [0.4, 0.5) is 26.3 Å². The van der Waals surface area contributed by atoms with E-state index in [1.54, 1.807) is 9.80 Å². The second kappa shape index (κ2) is 18.8. The van der Waals surface area contributed by atoms with E-state index in [1.165, 1.54) is 13.8 Å². The first kappa shape index (κ1) is 45.7. The number of carbonyl (C=O) groups excluding carboxylic acids is 3. The summed E-state index contributed by atoms with van der Waals surface area (Å²) in [5.41, 5.74) is -1.33. The number of halogens is 6. The van der Waals surface area contributed by atoms with Gasteiger partial charge < -0.3 is 15.5 Å². The van der Waals surface area contributed by atoms with Gasteiger partial charge in [0.2, 0.25) is 17.7 Å². The summed E-state index contributed by atoms with van der Waals surface area (Å²) < 4.78 is 82.6. The van der Waals surface area contributed by atoms with Crippen LogP contribution in [0.1, 0.15) is 79.0 Å². The molecule has 2 N–H and O–H groups in total. The Bertz CT molecular complexity index is 2080. The first-order valence-corrected chi connectivity index (χ1v) is 21.3. The van der Waals surface area contributed by atoms with E-state index in [-0.39, 0.29) is 62.1 Å². The van der Waals surface area contributed by atoms with Gasteiger partial charge in [0.15, 0.2) is 0 Å². The number of hydrogen-bond donors (Lipinski definition) is 2. The molecule has 0 radical (unpaired) electrons. The Balaban J connectivity index is 1.16. The Morgan fingerprint density at radius 3 is 1.46 bits per heavy atom. The van der Waals surface area contributed by atoms with E-state index in [4.69, 9.17) is 0 Å². The zero-order chi connectivity index (χ0) is 45.0. The van der Waals surface area contributed by atoms with Crippen LogP contribution < -0.4 is 10.6 Å². The summed E-state index contributed by atoms with van der Waals surface area (Å²) in [6, 6.07) is 30.0. The fourth-order valence-corrected chi connectivity index (χ4v) is 9.58. The number of hydrogen-bond acceptors (Lipinski definition) is 7. The highest BCUT2D eigenvalue weighted by molar-refractivity contribution is 5.79. The number of rotatable bonds is 11. The Labute approximate surface area is 363 Å². The molecule has 3 fully saturated rings. The van der Waals surface area contributed by atoms with Crippen molar-refractivity contribution in [2.45, 2.75) is 75.5 Å². The second-order valence-corrected chi connectivity index (χ2v) is 16.9. The molecule has 63 heavy (non-hydrogen) atoms. The molecule has 7 rings (SSSR count). The summed E-state index contributed by atoms with van der Waals surface area (Å²) in [6.45, 7) is 5.35. The van der Waals surface area contributed by atoms with E-state index in [0.29, 0.717) is 51.9 Å². The molecule has 4 aromatic carbocycles. The quantitative estimate of drug-likeness (QED) is 0.151. The van der Waals surface area contributed by atoms with Crippen molar-refractivity contribution in [2.75, 3.05) is 52.4 Å². The predicted octanol–water partition coefficient (Wildman–Crippen LogP) is 7.50. The number of nitrogens with zero attached hydrogens (tertiary/aromatic N) is 5. The summed E-state index contributed by atoms with van der Waals surface area (Å²) in [4.78, 5) is 43.6. The molecule has 1 unspecified atom stereocenters.